The van der Waals surface area contributed by atoms with E-state index in [4.69, 9.17) is 4.74 Å². The summed E-state index contributed by atoms with van der Waals surface area (Å²) in [5.74, 6) is 0.252. The van der Waals surface area contributed by atoms with Gasteiger partial charge in [-0.15, -0.1) is 0 Å². The summed E-state index contributed by atoms with van der Waals surface area (Å²) in [5.41, 5.74) is 0.844. The fourth-order valence-corrected chi connectivity index (χ4v) is 1.77. The number of ether oxygens (including phenoxy) is 1. The van der Waals surface area contributed by atoms with Crippen molar-refractivity contribution >= 4 is 11.6 Å². The molecule has 0 bridgehead atoms. The molecule has 1 N–H and O–H groups in total. The first-order chi connectivity index (χ1) is 9.95. The Balaban J connectivity index is 2.65. The molecule has 0 atom stereocenters. The highest BCUT2D eigenvalue weighted by Gasteiger charge is 2.15. The number of nitrogens with one attached hydrogen (secondary N) is 1. The van der Waals surface area contributed by atoms with Crippen molar-refractivity contribution in [1.82, 2.24) is 10.2 Å². The van der Waals surface area contributed by atoms with Gasteiger partial charge >= 0.3 is 5.69 Å². The molecule has 0 aliphatic heterocycles. The van der Waals surface area contributed by atoms with Gasteiger partial charge in [-0.05, 0) is 25.1 Å². The lowest BCUT2D eigenvalue weighted by Crippen LogP contribution is -2.21. The topological polar surface area (TPSA) is 84.7 Å². The van der Waals surface area contributed by atoms with E-state index in [0.29, 0.717) is 19.4 Å². The molecule has 21 heavy (non-hydrogen) atoms. The van der Waals surface area contributed by atoms with Gasteiger partial charge in [0.15, 0.2) is 5.75 Å². The van der Waals surface area contributed by atoms with Crippen molar-refractivity contribution in [2.75, 3.05) is 27.7 Å². The molecule has 0 saturated carbocycles. The molecule has 0 saturated heterocycles. The lowest BCUT2D eigenvalue weighted by atomic mass is 10.2. The zero-order valence-corrected chi connectivity index (χ0v) is 12.6. The predicted molar refractivity (Wildman–Crippen MR) is 79.3 cm³/mol. The third-order valence-electron chi connectivity index (χ3n) is 2.89. The lowest BCUT2D eigenvalue weighted by Gasteiger charge is -2.11. The van der Waals surface area contributed by atoms with E-state index in [1.807, 2.05) is 0 Å². The Morgan fingerprint density at radius 3 is 2.71 bits per heavy atom. The van der Waals surface area contributed by atoms with Crippen LogP contribution in [0, 0.1) is 10.1 Å². The molecule has 0 unspecified atom stereocenters. The Morgan fingerprint density at radius 2 is 2.14 bits per heavy atom. The summed E-state index contributed by atoms with van der Waals surface area (Å²) >= 11 is 0. The molecule has 0 aliphatic carbocycles. The van der Waals surface area contributed by atoms with Gasteiger partial charge in [-0.1, -0.05) is 6.07 Å². The Hall–Kier alpha value is -2.15. The maximum Gasteiger partial charge on any atom is 0.310 e. The summed E-state index contributed by atoms with van der Waals surface area (Å²) < 4.78 is 5.48. The second-order valence-electron chi connectivity index (χ2n) is 4.83. The van der Waals surface area contributed by atoms with Crippen molar-refractivity contribution in [3.05, 3.63) is 33.9 Å². The zero-order valence-electron chi connectivity index (χ0n) is 12.6. The summed E-state index contributed by atoms with van der Waals surface area (Å²) in [6, 6.07) is 4.78. The van der Waals surface area contributed by atoms with Crippen LogP contribution in [0.15, 0.2) is 18.2 Å². The number of hydrogen-bond acceptors (Lipinski definition) is 5. The molecule has 1 rings (SSSR count). The van der Waals surface area contributed by atoms with E-state index in [-0.39, 0.29) is 24.0 Å². The summed E-state index contributed by atoms with van der Waals surface area (Å²) in [5, 5.41) is 13.9. The molecule has 1 amide bonds. The third kappa shape index (κ3) is 5.39. The number of rotatable bonds is 8. The van der Waals surface area contributed by atoms with Crippen LogP contribution in [-0.2, 0) is 11.3 Å². The minimum atomic E-state index is -0.469. The van der Waals surface area contributed by atoms with E-state index in [1.165, 1.54) is 11.0 Å². The fraction of sp³-hybridized carbons (Fsp3) is 0.500. The molecule has 7 nitrogen and oxygen atoms in total. The summed E-state index contributed by atoms with van der Waals surface area (Å²) in [6.07, 6.45) is 0.876. The van der Waals surface area contributed by atoms with Crippen LogP contribution in [0.5, 0.6) is 5.75 Å². The Morgan fingerprint density at radius 1 is 1.43 bits per heavy atom. The second-order valence-corrected chi connectivity index (χ2v) is 4.83. The lowest BCUT2D eigenvalue weighted by molar-refractivity contribution is -0.385. The molecule has 1 aromatic rings. The van der Waals surface area contributed by atoms with Crippen LogP contribution in [0.25, 0.3) is 0 Å². The minimum Gasteiger partial charge on any atom is -0.487 e. The number of nitro groups is 1. The molecule has 0 radical (unpaired) electrons. The maximum absolute atomic E-state index is 11.4. The van der Waals surface area contributed by atoms with Crippen molar-refractivity contribution in [2.45, 2.75) is 19.4 Å². The normalized spacial score (nSPS) is 10.2. The molecule has 7 heteroatoms. The Kier molecular flexibility index (Phi) is 6.61. The molecule has 0 spiro atoms. The van der Waals surface area contributed by atoms with Crippen molar-refractivity contribution < 1.29 is 14.5 Å². The predicted octanol–water partition coefficient (Wildman–Crippen LogP) is 1.56. The average molecular weight is 295 g/mol. The van der Waals surface area contributed by atoms with Gasteiger partial charge in [0.25, 0.3) is 0 Å². The van der Waals surface area contributed by atoms with Gasteiger partial charge in [-0.2, -0.15) is 0 Å². The van der Waals surface area contributed by atoms with Gasteiger partial charge < -0.3 is 15.0 Å². The van der Waals surface area contributed by atoms with Gasteiger partial charge in [0.2, 0.25) is 5.91 Å². The summed E-state index contributed by atoms with van der Waals surface area (Å²) in [7, 11) is 5.18. The van der Waals surface area contributed by atoms with Crippen molar-refractivity contribution in [2.24, 2.45) is 0 Å². The largest absolute Gasteiger partial charge is 0.487 e. The van der Waals surface area contributed by atoms with Gasteiger partial charge in [0, 0.05) is 33.1 Å². The molecule has 0 heterocycles. The number of nitrogens with zero attached hydrogens (tertiary/aromatic N) is 2. The number of nitro benzene ring substituents is 1. The van der Waals surface area contributed by atoms with Gasteiger partial charge in [0.1, 0.15) is 0 Å². The highest BCUT2D eigenvalue weighted by Crippen LogP contribution is 2.28. The Labute approximate surface area is 124 Å². The Bertz CT molecular complexity index is 503. The zero-order chi connectivity index (χ0) is 15.8. The number of carbonyl (C=O) groups excluding carboxylic acids is 1. The molecule has 1 aromatic carbocycles. The van der Waals surface area contributed by atoms with Crippen LogP contribution >= 0.6 is 0 Å². The standard InChI is InChI=1S/C14H21N3O4/c1-15-10-11-6-7-12(17(19)20)13(9-11)21-8-4-5-14(18)16(2)3/h6-7,9,15H,4-5,8,10H2,1-3H3. The van der Waals surface area contributed by atoms with E-state index < -0.39 is 4.92 Å². The highest BCUT2D eigenvalue weighted by molar-refractivity contribution is 5.75. The second kappa shape index (κ2) is 8.21. The number of carbonyl (C=O) groups is 1. The highest BCUT2D eigenvalue weighted by atomic mass is 16.6. The summed E-state index contributed by atoms with van der Waals surface area (Å²) in [6.45, 7) is 0.872. The first-order valence-electron chi connectivity index (χ1n) is 6.70. The first kappa shape index (κ1) is 16.9. The van der Waals surface area contributed by atoms with Gasteiger partial charge in [0.05, 0.1) is 11.5 Å². The van der Waals surface area contributed by atoms with Crippen LogP contribution in [0.3, 0.4) is 0 Å². The van der Waals surface area contributed by atoms with E-state index in [0.717, 1.165) is 5.56 Å². The molecule has 0 aromatic heterocycles. The molecule has 116 valence electrons. The number of amides is 1. The average Bonchev–Trinajstić information content (AvgIpc) is 2.43. The van der Waals surface area contributed by atoms with Crippen LogP contribution in [-0.4, -0.2) is 43.5 Å². The fourth-order valence-electron chi connectivity index (χ4n) is 1.77. The third-order valence-corrected chi connectivity index (χ3v) is 2.89. The SMILES string of the molecule is CNCc1ccc([N+](=O)[O-])c(OCCCC(=O)N(C)C)c1. The smallest absolute Gasteiger partial charge is 0.310 e. The minimum absolute atomic E-state index is 0.0111. The van der Waals surface area contributed by atoms with Gasteiger partial charge in [-0.3, -0.25) is 14.9 Å². The van der Waals surface area contributed by atoms with E-state index >= 15 is 0 Å². The van der Waals surface area contributed by atoms with Crippen molar-refractivity contribution in [3.63, 3.8) is 0 Å². The van der Waals surface area contributed by atoms with Crippen LogP contribution in [0.2, 0.25) is 0 Å². The van der Waals surface area contributed by atoms with Gasteiger partial charge in [-0.25, -0.2) is 0 Å². The van der Waals surface area contributed by atoms with Crippen molar-refractivity contribution in [3.8, 4) is 5.75 Å². The quantitative estimate of drug-likeness (QED) is 0.447. The van der Waals surface area contributed by atoms with Crippen LogP contribution < -0.4 is 10.1 Å². The van der Waals surface area contributed by atoms with E-state index in [9.17, 15) is 14.9 Å². The van der Waals surface area contributed by atoms with Crippen molar-refractivity contribution in [1.29, 1.82) is 0 Å². The van der Waals surface area contributed by atoms with E-state index in [1.54, 1.807) is 33.3 Å². The maximum atomic E-state index is 11.4. The molecular formula is C14H21N3O4. The molecule has 0 aliphatic rings. The monoisotopic (exact) mass is 295 g/mol. The number of benzene rings is 1. The van der Waals surface area contributed by atoms with Crippen LogP contribution in [0.1, 0.15) is 18.4 Å². The van der Waals surface area contributed by atoms with E-state index in [2.05, 4.69) is 5.32 Å². The first-order valence-corrected chi connectivity index (χ1v) is 6.70. The molecular weight excluding hydrogens is 274 g/mol. The molecule has 0 fully saturated rings. The summed E-state index contributed by atoms with van der Waals surface area (Å²) in [4.78, 5) is 23.4. The van der Waals surface area contributed by atoms with Crippen LogP contribution in [0.4, 0.5) is 5.69 Å². The number of hydrogen-bond donors (Lipinski definition) is 1.